The van der Waals surface area contributed by atoms with Gasteiger partial charge in [-0.15, -0.1) is 0 Å². The van der Waals surface area contributed by atoms with E-state index in [1.807, 2.05) is 11.8 Å². The third-order valence-corrected chi connectivity index (χ3v) is 6.64. The molecule has 0 spiro atoms. The zero-order valence-electron chi connectivity index (χ0n) is 16.3. The fourth-order valence-electron chi connectivity index (χ4n) is 4.99. The van der Waals surface area contributed by atoms with Crippen molar-refractivity contribution in [3.05, 3.63) is 11.8 Å². The number of nitrogens with one attached hydrogen (secondary N) is 1. The Hall–Kier alpha value is -1.73. The second-order valence-electron chi connectivity index (χ2n) is 8.55. The summed E-state index contributed by atoms with van der Waals surface area (Å²) >= 11 is 0. The van der Waals surface area contributed by atoms with Gasteiger partial charge in [0.15, 0.2) is 6.04 Å². The number of alkyl halides is 3. The molecule has 8 heteroatoms. The molecule has 1 saturated carbocycles. The summed E-state index contributed by atoms with van der Waals surface area (Å²) in [5, 5.41) is 7.59. The van der Waals surface area contributed by atoms with E-state index in [0.29, 0.717) is 24.5 Å². The molecule has 0 aromatic carbocycles. The fraction of sp³-hybridized carbons (Fsp3) is 0.800. The highest BCUT2D eigenvalue weighted by molar-refractivity contribution is 5.79. The molecule has 1 amide bonds. The summed E-state index contributed by atoms with van der Waals surface area (Å²) in [6.45, 7) is 3.21. The first-order chi connectivity index (χ1) is 13.4. The van der Waals surface area contributed by atoms with Gasteiger partial charge in [-0.2, -0.15) is 18.3 Å². The van der Waals surface area contributed by atoms with Gasteiger partial charge in [-0.1, -0.05) is 19.8 Å². The summed E-state index contributed by atoms with van der Waals surface area (Å²) in [5.74, 6) is 0.821. The Balaban J connectivity index is 1.53. The Bertz CT molecular complexity index is 711. The summed E-state index contributed by atoms with van der Waals surface area (Å²) in [4.78, 5) is 14.7. The molecule has 28 heavy (non-hydrogen) atoms. The molecule has 3 heterocycles. The number of aromatic nitrogens is 2. The van der Waals surface area contributed by atoms with Crippen LogP contribution in [0, 0.1) is 5.92 Å². The number of nitrogens with zero attached hydrogens (tertiary/aromatic N) is 3. The summed E-state index contributed by atoms with van der Waals surface area (Å²) < 4.78 is 41.9. The van der Waals surface area contributed by atoms with E-state index in [4.69, 9.17) is 0 Å². The van der Waals surface area contributed by atoms with Crippen molar-refractivity contribution in [1.29, 1.82) is 0 Å². The molecule has 3 atom stereocenters. The van der Waals surface area contributed by atoms with Gasteiger partial charge < -0.3 is 10.2 Å². The summed E-state index contributed by atoms with van der Waals surface area (Å²) in [5.41, 5.74) is 0.678. The van der Waals surface area contributed by atoms with Crippen molar-refractivity contribution in [2.24, 2.45) is 5.92 Å². The molecule has 3 aliphatic rings. The third-order valence-electron chi connectivity index (χ3n) is 6.64. The molecule has 0 bridgehead atoms. The first-order valence-electron chi connectivity index (χ1n) is 10.6. The van der Waals surface area contributed by atoms with Crippen molar-refractivity contribution in [3.8, 4) is 0 Å². The smallest absolute Gasteiger partial charge is 0.367 e. The van der Waals surface area contributed by atoms with Crippen molar-refractivity contribution < 1.29 is 18.0 Å². The second kappa shape index (κ2) is 7.59. The maximum Gasteiger partial charge on any atom is 0.410 e. The van der Waals surface area contributed by atoms with Crippen LogP contribution < -0.4 is 5.32 Å². The lowest BCUT2D eigenvalue weighted by atomic mass is 9.93. The van der Waals surface area contributed by atoms with Crippen molar-refractivity contribution >= 4 is 11.7 Å². The molecular formula is C20H29F3N4O. The molecule has 1 N–H and O–H groups in total. The first-order valence-corrected chi connectivity index (χ1v) is 10.6. The Morgan fingerprint density at radius 3 is 2.68 bits per heavy atom. The molecule has 156 valence electrons. The minimum absolute atomic E-state index is 0.00504. The fourth-order valence-corrected chi connectivity index (χ4v) is 4.99. The number of rotatable bonds is 3. The van der Waals surface area contributed by atoms with Gasteiger partial charge in [0.05, 0.1) is 5.69 Å². The molecule has 2 aliphatic heterocycles. The Labute approximate surface area is 163 Å². The van der Waals surface area contributed by atoms with Crippen molar-refractivity contribution in [3.63, 3.8) is 0 Å². The number of likely N-dealkylation sites (tertiary alicyclic amines) is 1. The Morgan fingerprint density at radius 1 is 1.25 bits per heavy atom. The predicted molar refractivity (Wildman–Crippen MR) is 100 cm³/mol. The van der Waals surface area contributed by atoms with E-state index in [1.54, 1.807) is 6.07 Å². The van der Waals surface area contributed by atoms with Gasteiger partial charge in [0, 0.05) is 37.0 Å². The lowest BCUT2D eigenvalue weighted by Gasteiger charge is -2.34. The van der Waals surface area contributed by atoms with E-state index in [0.717, 1.165) is 49.8 Å². The molecule has 1 aromatic rings. The maximum absolute atomic E-state index is 13.6. The van der Waals surface area contributed by atoms with Crippen LogP contribution in [0.3, 0.4) is 0 Å². The number of anilines is 1. The monoisotopic (exact) mass is 398 g/mol. The summed E-state index contributed by atoms with van der Waals surface area (Å²) in [7, 11) is 0. The zero-order chi connectivity index (χ0) is 19.9. The van der Waals surface area contributed by atoms with Crippen LogP contribution in [0.25, 0.3) is 0 Å². The molecule has 0 radical (unpaired) electrons. The average Bonchev–Trinajstić information content (AvgIpc) is 3.35. The van der Waals surface area contributed by atoms with E-state index in [1.165, 1.54) is 0 Å². The standard InChI is InChI=1S/C20H29F3N4O/c1-2-15-10-17(20(21,22)23)27-18(24-15)11-16(25-27)14-8-5-9-26(12-14)19(28)13-6-3-4-7-13/h11,13-15,17,24H,2-10,12H2,1H3/t14?,15-,17-/m1/s1. The van der Waals surface area contributed by atoms with E-state index < -0.39 is 12.2 Å². The van der Waals surface area contributed by atoms with Gasteiger partial charge >= 0.3 is 6.18 Å². The number of fused-ring (bicyclic) bond motifs is 1. The minimum atomic E-state index is -4.31. The zero-order valence-corrected chi connectivity index (χ0v) is 16.3. The van der Waals surface area contributed by atoms with Gasteiger partial charge in [-0.05, 0) is 38.5 Å². The molecule has 1 unspecified atom stereocenters. The molecule has 4 rings (SSSR count). The summed E-state index contributed by atoms with van der Waals surface area (Å²) in [6, 6.07) is -0.00728. The molecule has 2 fully saturated rings. The Morgan fingerprint density at radius 2 is 2.00 bits per heavy atom. The minimum Gasteiger partial charge on any atom is -0.367 e. The quantitative estimate of drug-likeness (QED) is 0.817. The molecule has 1 aliphatic carbocycles. The highest BCUT2D eigenvalue weighted by atomic mass is 19.4. The molecule has 1 saturated heterocycles. The van der Waals surface area contributed by atoms with Gasteiger partial charge in [0.25, 0.3) is 0 Å². The van der Waals surface area contributed by atoms with Crippen LogP contribution >= 0.6 is 0 Å². The van der Waals surface area contributed by atoms with Crippen LogP contribution in [0.5, 0.6) is 0 Å². The van der Waals surface area contributed by atoms with Crippen LogP contribution in [0.15, 0.2) is 6.07 Å². The third kappa shape index (κ3) is 3.74. The van der Waals surface area contributed by atoms with E-state index in [-0.39, 0.29) is 30.2 Å². The number of halogens is 3. The SMILES string of the molecule is CC[C@@H]1C[C@H](C(F)(F)F)n2nc(C3CCCN(C(=O)C4CCCC4)C3)cc2N1. The maximum atomic E-state index is 13.6. The van der Waals surface area contributed by atoms with Crippen LogP contribution in [0.1, 0.15) is 75.9 Å². The largest absolute Gasteiger partial charge is 0.410 e. The number of carbonyl (C=O) groups excluding carboxylic acids is 1. The molecule has 5 nitrogen and oxygen atoms in total. The van der Waals surface area contributed by atoms with Gasteiger partial charge in [0.2, 0.25) is 5.91 Å². The van der Waals surface area contributed by atoms with E-state index in [9.17, 15) is 18.0 Å². The van der Waals surface area contributed by atoms with Crippen LogP contribution in [0.2, 0.25) is 0 Å². The normalized spacial score (nSPS) is 28.9. The molecular weight excluding hydrogens is 369 g/mol. The van der Waals surface area contributed by atoms with Crippen LogP contribution in [-0.2, 0) is 4.79 Å². The van der Waals surface area contributed by atoms with Crippen LogP contribution in [0.4, 0.5) is 19.0 Å². The second-order valence-corrected chi connectivity index (χ2v) is 8.55. The van der Waals surface area contributed by atoms with E-state index in [2.05, 4.69) is 10.4 Å². The number of hydrogen-bond acceptors (Lipinski definition) is 3. The number of carbonyl (C=O) groups is 1. The predicted octanol–water partition coefficient (Wildman–Crippen LogP) is 4.48. The lowest BCUT2D eigenvalue weighted by Crippen LogP contribution is -2.42. The highest BCUT2D eigenvalue weighted by Gasteiger charge is 2.46. The number of hydrogen-bond donors (Lipinski definition) is 1. The molecule has 1 aromatic heterocycles. The lowest BCUT2D eigenvalue weighted by molar-refractivity contribution is -0.173. The topological polar surface area (TPSA) is 50.2 Å². The van der Waals surface area contributed by atoms with Crippen LogP contribution in [-0.4, -0.2) is 45.9 Å². The first kappa shape index (κ1) is 19.6. The highest BCUT2D eigenvalue weighted by Crippen LogP contribution is 2.41. The van der Waals surface area contributed by atoms with Gasteiger partial charge in [-0.3, -0.25) is 4.79 Å². The van der Waals surface area contributed by atoms with Gasteiger partial charge in [0.1, 0.15) is 5.82 Å². The number of amides is 1. The Kier molecular flexibility index (Phi) is 5.31. The van der Waals surface area contributed by atoms with Gasteiger partial charge in [-0.25, -0.2) is 4.68 Å². The van der Waals surface area contributed by atoms with Crippen molar-refractivity contribution in [1.82, 2.24) is 14.7 Å². The summed E-state index contributed by atoms with van der Waals surface area (Å²) in [6.07, 6.45) is 2.23. The average molecular weight is 398 g/mol. The van der Waals surface area contributed by atoms with Crippen molar-refractivity contribution in [2.75, 3.05) is 18.4 Å². The van der Waals surface area contributed by atoms with Crippen molar-refractivity contribution in [2.45, 2.75) is 82.5 Å². The van der Waals surface area contributed by atoms with E-state index >= 15 is 0 Å². The number of piperidine rings is 1.